The minimum atomic E-state index is -3.21. The van der Waals surface area contributed by atoms with E-state index < -0.39 is 9.84 Å². The van der Waals surface area contributed by atoms with E-state index >= 15 is 0 Å². The Hall–Kier alpha value is -2.05. The van der Waals surface area contributed by atoms with Crippen LogP contribution in [-0.2, 0) is 29.3 Å². The van der Waals surface area contributed by atoms with E-state index in [1.54, 1.807) is 19.2 Å². The van der Waals surface area contributed by atoms with Crippen molar-refractivity contribution in [2.75, 3.05) is 13.4 Å². The number of hydrogen-bond acceptors (Lipinski definition) is 5. The Kier molecular flexibility index (Phi) is 5.25. The predicted molar refractivity (Wildman–Crippen MR) is 101 cm³/mol. The largest absolute Gasteiger partial charge is 0.504 e. The van der Waals surface area contributed by atoms with Crippen molar-refractivity contribution in [2.24, 2.45) is 0 Å². The Bertz CT molecular complexity index is 908. The minimum absolute atomic E-state index is 0.146. The summed E-state index contributed by atoms with van der Waals surface area (Å²) in [5, 5.41) is 9.69. The maximum Gasteiger partial charge on any atom is 0.175 e. The summed E-state index contributed by atoms with van der Waals surface area (Å²) in [5.41, 5.74) is 3.15. The van der Waals surface area contributed by atoms with Gasteiger partial charge in [-0.15, -0.1) is 0 Å². The van der Waals surface area contributed by atoms with E-state index in [-0.39, 0.29) is 5.75 Å². The third-order valence-corrected chi connectivity index (χ3v) is 6.26. The van der Waals surface area contributed by atoms with Crippen LogP contribution in [0.25, 0.3) is 0 Å². The van der Waals surface area contributed by atoms with Crippen LogP contribution in [0.3, 0.4) is 0 Å². The molecule has 1 heterocycles. The molecule has 0 aliphatic carbocycles. The van der Waals surface area contributed by atoms with E-state index in [1.807, 2.05) is 24.3 Å². The highest BCUT2D eigenvalue weighted by atomic mass is 32.2. The van der Waals surface area contributed by atoms with Gasteiger partial charge in [-0.25, -0.2) is 8.42 Å². The molecule has 1 aliphatic heterocycles. The number of ether oxygens (including phenoxy) is 1. The quantitative estimate of drug-likeness (QED) is 0.840. The van der Waals surface area contributed by atoms with Crippen molar-refractivity contribution in [3.8, 4) is 11.5 Å². The molecule has 5 nitrogen and oxygen atoms in total. The summed E-state index contributed by atoms with van der Waals surface area (Å²) in [5.74, 6) is 0.633. The molecule has 0 bridgehead atoms. The topological polar surface area (TPSA) is 66.8 Å². The Labute approximate surface area is 155 Å². The summed E-state index contributed by atoms with van der Waals surface area (Å²) in [7, 11) is -1.66. The van der Waals surface area contributed by atoms with Crippen molar-refractivity contribution in [3.63, 3.8) is 0 Å². The van der Waals surface area contributed by atoms with Crippen molar-refractivity contribution in [2.45, 2.75) is 43.8 Å². The first-order chi connectivity index (χ1) is 12.3. The van der Waals surface area contributed by atoms with Crippen molar-refractivity contribution in [3.05, 3.63) is 53.1 Å². The summed E-state index contributed by atoms with van der Waals surface area (Å²) in [6, 6.07) is 11.3. The van der Waals surface area contributed by atoms with Gasteiger partial charge in [-0.1, -0.05) is 18.2 Å². The number of nitrogens with zero attached hydrogens (tertiary/aromatic N) is 1. The molecule has 0 amide bonds. The number of fused-ring (bicyclic) bond motifs is 1. The summed E-state index contributed by atoms with van der Waals surface area (Å²) < 4.78 is 29.2. The van der Waals surface area contributed by atoms with Gasteiger partial charge in [0.2, 0.25) is 0 Å². The molecule has 3 rings (SSSR count). The van der Waals surface area contributed by atoms with Gasteiger partial charge >= 0.3 is 0 Å². The first-order valence-electron chi connectivity index (χ1n) is 8.70. The molecule has 0 saturated heterocycles. The lowest BCUT2D eigenvalue weighted by Gasteiger charge is -2.24. The molecule has 2 aromatic carbocycles. The minimum Gasteiger partial charge on any atom is -0.504 e. The summed E-state index contributed by atoms with van der Waals surface area (Å²) in [6.45, 7) is 3.61. The number of hydrogen-bond donors (Lipinski definition) is 1. The van der Waals surface area contributed by atoms with E-state index in [0.717, 1.165) is 36.1 Å². The molecule has 140 valence electrons. The smallest absolute Gasteiger partial charge is 0.175 e. The van der Waals surface area contributed by atoms with Gasteiger partial charge in [0, 0.05) is 25.4 Å². The molecule has 0 fully saturated rings. The summed E-state index contributed by atoms with van der Waals surface area (Å²) in [6.07, 6.45) is 3.08. The lowest BCUT2D eigenvalue weighted by atomic mass is 10.0. The van der Waals surface area contributed by atoms with Crippen molar-refractivity contribution >= 4 is 9.84 Å². The maximum atomic E-state index is 12.0. The van der Waals surface area contributed by atoms with Gasteiger partial charge in [0.25, 0.3) is 0 Å². The first kappa shape index (κ1) is 18.7. The normalized spacial score (nSPS) is 15.7. The first-order valence-corrected chi connectivity index (χ1v) is 10.6. The average molecular weight is 375 g/mol. The molecule has 0 spiro atoms. The third kappa shape index (κ3) is 3.86. The van der Waals surface area contributed by atoms with Gasteiger partial charge in [0.05, 0.1) is 12.0 Å². The van der Waals surface area contributed by atoms with E-state index in [1.165, 1.54) is 6.26 Å². The van der Waals surface area contributed by atoms with Crippen LogP contribution >= 0.6 is 0 Å². The zero-order valence-electron chi connectivity index (χ0n) is 15.4. The van der Waals surface area contributed by atoms with E-state index in [4.69, 9.17) is 4.74 Å². The molecular weight excluding hydrogens is 350 g/mol. The molecule has 0 saturated carbocycles. The van der Waals surface area contributed by atoms with Crippen LogP contribution in [-0.4, -0.2) is 37.8 Å². The lowest BCUT2D eigenvalue weighted by molar-refractivity contribution is 0.202. The van der Waals surface area contributed by atoms with Gasteiger partial charge in [-0.2, -0.15) is 0 Å². The molecule has 1 atom stereocenters. The summed E-state index contributed by atoms with van der Waals surface area (Å²) in [4.78, 5) is 2.77. The fourth-order valence-corrected chi connectivity index (χ4v) is 4.48. The van der Waals surface area contributed by atoms with E-state index in [0.29, 0.717) is 23.2 Å². The molecule has 26 heavy (non-hydrogen) atoms. The van der Waals surface area contributed by atoms with Crippen LogP contribution < -0.4 is 4.74 Å². The molecule has 1 aliphatic rings. The van der Waals surface area contributed by atoms with Gasteiger partial charge in [-0.3, -0.25) is 4.90 Å². The van der Waals surface area contributed by atoms with Crippen LogP contribution in [0, 0.1) is 0 Å². The Balaban J connectivity index is 1.68. The zero-order valence-corrected chi connectivity index (χ0v) is 16.2. The highest BCUT2D eigenvalue weighted by Crippen LogP contribution is 2.31. The second kappa shape index (κ2) is 7.29. The molecular formula is C20H25NO4S. The Morgan fingerprint density at radius 1 is 1.23 bits per heavy atom. The molecule has 0 radical (unpaired) electrons. The average Bonchev–Trinajstić information content (AvgIpc) is 3.04. The molecule has 1 unspecified atom stereocenters. The highest BCUT2D eigenvalue weighted by Gasteiger charge is 2.27. The second-order valence-electron chi connectivity index (χ2n) is 6.96. The monoisotopic (exact) mass is 375 g/mol. The number of sulfone groups is 1. The molecule has 1 N–H and O–H groups in total. The number of benzene rings is 2. The Morgan fingerprint density at radius 3 is 2.69 bits per heavy atom. The van der Waals surface area contributed by atoms with Crippen LogP contribution in [0.2, 0.25) is 0 Å². The SMILES string of the molecule is COc1cc(CCC(C)N2Cc3cccc(S(C)(=O)=O)c3C2)ccc1O. The lowest BCUT2D eigenvalue weighted by Crippen LogP contribution is -2.28. The number of phenols is 1. The van der Waals surface area contributed by atoms with Crippen LogP contribution in [0.4, 0.5) is 0 Å². The van der Waals surface area contributed by atoms with E-state index in [9.17, 15) is 13.5 Å². The number of aromatic hydroxyl groups is 1. The van der Waals surface area contributed by atoms with Crippen molar-refractivity contribution in [1.82, 2.24) is 4.90 Å². The number of rotatable bonds is 6. The fourth-order valence-electron chi connectivity index (χ4n) is 3.51. The number of methoxy groups -OCH3 is 1. The van der Waals surface area contributed by atoms with Crippen LogP contribution in [0.15, 0.2) is 41.3 Å². The van der Waals surface area contributed by atoms with Gasteiger partial charge in [-0.05, 0) is 54.7 Å². The fraction of sp³-hybridized carbons (Fsp3) is 0.400. The standard InChI is InChI=1S/C20H25NO4S/c1-14(7-8-15-9-10-18(22)19(11-15)25-2)21-12-16-5-4-6-20(17(16)13-21)26(3,23)24/h4-6,9-11,14,22H,7-8,12-13H2,1-3H3. The highest BCUT2D eigenvalue weighted by molar-refractivity contribution is 7.90. The third-order valence-electron chi connectivity index (χ3n) is 5.08. The van der Waals surface area contributed by atoms with E-state index in [2.05, 4.69) is 11.8 Å². The second-order valence-corrected chi connectivity index (χ2v) is 8.95. The van der Waals surface area contributed by atoms with Crippen LogP contribution in [0.1, 0.15) is 30.0 Å². The predicted octanol–water partition coefficient (Wildman–Crippen LogP) is 3.14. The molecule has 2 aromatic rings. The summed E-state index contributed by atoms with van der Waals surface area (Å²) >= 11 is 0. The zero-order chi connectivity index (χ0) is 18.9. The number of aryl methyl sites for hydroxylation is 1. The number of phenolic OH excluding ortho intramolecular Hbond substituents is 1. The Morgan fingerprint density at radius 2 is 2.00 bits per heavy atom. The molecule has 6 heteroatoms. The van der Waals surface area contributed by atoms with Crippen molar-refractivity contribution < 1.29 is 18.3 Å². The van der Waals surface area contributed by atoms with Crippen LogP contribution in [0.5, 0.6) is 11.5 Å². The van der Waals surface area contributed by atoms with Gasteiger partial charge < -0.3 is 9.84 Å². The van der Waals surface area contributed by atoms with Gasteiger partial charge in [0.1, 0.15) is 0 Å². The maximum absolute atomic E-state index is 12.0. The van der Waals surface area contributed by atoms with Gasteiger partial charge in [0.15, 0.2) is 21.3 Å². The van der Waals surface area contributed by atoms with Crippen molar-refractivity contribution in [1.29, 1.82) is 0 Å². The molecule has 0 aromatic heterocycles.